The molecule has 2 atom stereocenters. The van der Waals surface area contributed by atoms with E-state index >= 15 is 0 Å². The molecule has 0 N–H and O–H groups in total. The average molecular weight is 477 g/mol. The Bertz CT molecular complexity index is 1170. The van der Waals surface area contributed by atoms with Crippen molar-refractivity contribution in [2.45, 2.75) is 31.7 Å². The number of hydrogen-bond acceptors (Lipinski definition) is 6. The van der Waals surface area contributed by atoms with Gasteiger partial charge in [0.05, 0.1) is 5.39 Å². The molecule has 6 rings (SSSR count). The molecule has 0 amide bonds. The molecule has 0 bridgehead atoms. The van der Waals surface area contributed by atoms with Crippen LogP contribution in [0.4, 0.5) is 10.2 Å². The van der Waals surface area contributed by atoms with Gasteiger partial charge in [0.2, 0.25) is 0 Å². The standard InChI is InChI=1S/C28H33FN4O2/c29-23-8-6-21(7-9-23)27(34)22-11-13-31(14-12-22)17-20-5-10-24-19-33(16-15-32(24)18-20)28-25-3-1-2-4-26(25)35-30-28/h1-4,6-9,20,22,24H,5,10-19H2/t20-,24-/m0/s1. The number of halogens is 1. The van der Waals surface area contributed by atoms with Crippen LogP contribution in [0, 0.1) is 17.7 Å². The summed E-state index contributed by atoms with van der Waals surface area (Å²) in [6, 6.07) is 14.7. The molecule has 7 heteroatoms. The van der Waals surface area contributed by atoms with E-state index in [-0.39, 0.29) is 17.5 Å². The summed E-state index contributed by atoms with van der Waals surface area (Å²) in [6.45, 7) is 7.30. The molecule has 0 unspecified atom stereocenters. The van der Waals surface area contributed by atoms with E-state index in [1.165, 1.54) is 25.0 Å². The van der Waals surface area contributed by atoms with E-state index < -0.39 is 0 Å². The van der Waals surface area contributed by atoms with Crippen molar-refractivity contribution in [3.63, 3.8) is 0 Å². The summed E-state index contributed by atoms with van der Waals surface area (Å²) in [5.41, 5.74) is 1.50. The highest BCUT2D eigenvalue weighted by molar-refractivity contribution is 5.97. The molecule has 3 saturated heterocycles. The lowest BCUT2D eigenvalue weighted by Crippen LogP contribution is -2.57. The van der Waals surface area contributed by atoms with Gasteiger partial charge in [-0.05, 0) is 81.1 Å². The van der Waals surface area contributed by atoms with Crippen LogP contribution in [0.15, 0.2) is 53.1 Å². The van der Waals surface area contributed by atoms with Gasteiger partial charge in [0, 0.05) is 50.2 Å². The molecular formula is C28H33FN4O2. The minimum absolute atomic E-state index is 0.0631. The SMILES string of the molecule is O=C(c1ccc(F)cc1)C1CCN(C[C@@H]2CC[C@H]3CN(c4noc5ccccc45)CCN3C2)CC1. The first-order valence-electron chi connectivity index (χ1n) is 13.0. The number of likely N-dealkylation sites (tertiary alicyclic amines) is 1. The van der Waals surface area contributed by atoms with Crippen LogP contribution < -0.4 is 4.90 Å². The van der Waals surface area contributed by atoms with Gasteiger partial charge in [0.25, 0.3) is 0 Å². The Balaban J connectivity index is 0.991. The highest BCUT2D eigenvalue weighted by Gasteiger charge is 2.35. The van der Waals surface area contributed by atoms with Gasteiger partial charge >= 0.3 is 0 Å². The number of ketones is 1. The molecular weight excluding hydrogens is 443 g/mol. The number of carbonyl (C=O) groups is 1. The summed E-state index contributed by atoms with van der Waals surface area (Å²) >= 11 is 0. The topological polar surface area (TPSA) is 52.8 Å². The summed E-state index contributed by atoms with van der Waals surface area (Å²) in [7, 11) is 0. The number of piperazine rings is 1. The molecule has 4 heterocycles. The van der Waals surface area contributed by atoms with E-state index in [4.69, 9.17) is 4.52 Å². The Hall–Kier alpha value is -2.77. The number of nitrogens with zero attached hydrogens (tertiary/aromatic N) is 4. The second-order valence-electron chi connectivity index (χ2n) is 10.5. The van der Waals surface area contributed by atoms with Gasteiger partial charge in [-0.1, -0.05) is 17.3 Å². The number of hydrogen-bond donors (Lipinski definition) is 0. The first kappa shape index (κ1) is 22.7. The van der Waals surface area contributed by atoms with Gasteiger partial charge in [0.1, 0.15) is 5.82 Å². The largest absolute Gasteiger partial charge is 0.354 e. The van der Waals surface area contributed by atoms with Gasteiger partial charge in [0.15, 0.2) is 17.2 Å². The zero-order valence-electron chi connectivity index (χ0n) is 20.1. The second kappa shape index (κ2) is 9.70. The molecule has 0 aliphatic carbocycles. The van der Waals surface area contributed by atoms with Crippen LogP contribution in [0.5, 0.6) is 0 Å². The van der Waals surface area contributed by atoms with Crippen LogP contribution in [0.25, 0.3) is 11.0 Å². The minimum atomic E-state index is -0.292. The second-order valence-corrected chi connectivity index (χ2v) is 10.5. The van der Waals surface area contributed by atoms with E-state index in [9.17, 15) is 9.18 Å². The quantitative estimate of drug-likeness (QED) is 0.507. The molecule has 3 fully saturated rings. The molecule has 3 aromatic rings. The maximum absolute atomic E-state index is 13.2. The van der Waals surface area contributed by atoms with Crippen LogP contribution in [0.3, 0.4) is 0 Å². The van der Waals surface area contributed by atoms with Crippen molar-refractivity contribution in [3.05, 3.63) is 59.9 Å². The molecule has 35 heavy (non-hydrogen) atoms. The number of fused-ring (bicyclic) bond motifs is 2. The fourth-order valence-corrected chi connectivity index (χ4v) is 6.29. The molecule has 2 aromatic carbocycles. The number of Topliss-reactive ketones (excluding diaryl/α,β-unsaturated/α-hetero) is 1. The zero-order chi connectivity index (χ0) is 23.8. The van der Waals surface area contributed by atoms with Crippen LogP contribution in [-0.4, -0.2) is 72.6 Å². The number of para-hydroxylation sites is 1. The van der Waals surface area contributed by atoms with E-state index in [2.05, 4.69) is 25.9 Å². The fraction of sp³-hybridized carbons (Fsp3) is 0.500. The monoisotopic (exact) mass is 476 g/mol. The Morgan fingerprint density at radius 1 is 0.943 bits per heavy atom. The third-order valence-electron chi connectivity index (χ3n) is 8.27. The Morgan fingerprint density at radius 2 is 1.74 bits per heavy atom. The van der Waals surface area contributed by atoms with Crippen LogP contribution in [0.1, 0.15) is 36.0 Å². The van der Waals surface area contributed by atoms with E-state index in [1.54, 1.807) is 12.1 Å². The number of aromatic nitrogens is 1. The molecule has 0 radical (unpaired) electrons. The van der Waals surface area contributed by atoms with Crippen LogP contribution in [0.2, 0.25) is 0 Å². The predicted molar refractivity (Wildman–Crippen MR) is 134 cm³/mol. The minimum Gasteiger partial charge on any atom is -0.354 e. The summed E-state index contributed by atoms with van der Waals surface area (Å²) in [5, 5.41) is 5.48. The summed E-state index contributed by atoms with van der Waals surface area (Å²) in [5.74, 6) is 1.62. The number of rotatable bonds is 5. The van der Waals surface area contributed by atoms with Gasteiger partial charge in [-0.25, -0.2) is 4.39 Å². The number of anilines is 1. The maximum atomic E-state index is 13.2. The van der Waals surface area contributed by atoms with Crippen molar-refractivity contribution in [2.24, 2.45) is 11.8 Å². The Kier molecular flexibility index (Phi) is 6.29. The smallest absolute Gasteiger partial charge is 0.180 e. The molecule has 0 spiro atoms. The lowest BCUT2D eigenvalue weighted by molar-refractivity contribution is 0.0627. The maximum Gasteiger partial charge on any atom is 0.180 e. The van der Waals surface area contributed by atoms with E-state index in [1.807, 2.05) is 18.2 Å². The number of piperidine rings is 2. The normalized spacial score (nSPS) is 24.5. The zero-order valence-corrected chi connectivity index (χ0v) is 20.1. The third-order valence-corrected chi connectivity index (χ3v) is 8.27. The van der Waals surface area contributed by atoms with Crippen LogP contribution >= 0.6 is 0 Å². The lowest BCUT2D eigenvalue weighted by Gasteiger charge is -2.47. The summed E-state index contributed by atoms with van der Waals surface area (Å²) < 4.78 is 18.7. The Morgan fingerprint density at radius 3 is 2.57 bits per heavy atom. The summed E-state index contributed by atoms with van der Waals surface area (Å²) in [4.78, 5) is 20.4. The molecule has 3 aliphatic rings. The first-order valence-corrected chi connectivity index (χ1v) is 13.0. The third kappa shape index (κ3) is 4.71. The van der Waals surface area contributed by atoms with Crippen molar-refractivity contribution in [1.82, 2.24) is 15.0 Å². The number of benzene rings is 2. The van der Waals surface area contributed by atoms with Gasteiger partial charge in [-0.15, -0.1) is 0 Å². The van der Waals surface area contributed by atoms with Crippen molar-refractivity contribution >= 4 is 22.6 Å². The van der Waals surface area contributed by atoms with Crippen molar-refractivity contribution < 1.29 is 13.7 Å². The van der Waals surface area contributed by atoms with E-state index in [0.29, 0.717) is 17.5 Å². The molecule has 184 valence electrons. The van der Waals surface area contributed by atoms with Gasteiger partial charge < -0.3 is 14.3 Å². The molecule has 6 nitrogen and oxygen atoms in total. The highest BCUT2D eigenvalue weighted by Crippen LogP contribution is 2.32. The number of carbonyl (C=O) groups excluding carboxylic acids is 1. The van der Waals surface area contributed by atoms with Gasteiger partial charge in [-0.2, -0.15) is 0 Å². The van der Waals surface area contributed by atoms with Gasteiger partial charge in [-0.3, -0.25) is 9.69 Å². The van der Waals surface area contributed by atoms with Crippen molar-refractivity contribution in [1.29, 1.82) is 0 Å². The summed E-state index contributed by atoms with van der Waals surface area (Å²) in [6.07, 6.45) is 4.27. The molecule has 3 aliphatic heterocycles. The first-order chi connectivity index (χ1) is 17.1. The predicted octanol–water partition coefficient (Wildman–Crippen LogP) is 4.46. The highest BCUT2D eigenvalue weighted by atomic mass is 19.1. The van der Waals surface area contributed by atoms with E-state index in [0.717, 1.165) is 75.4 Å². The molecule has 1 aromatic heterocycles. The molecule has 0 saturated carbocycles. The van der Waals surface area contributed by atoms with Crippen molar-refractivity contribution in [2.75, 3.05) is 50.7 Å². The van der Waals surface area contributed by atoms with Crippen molar-refractivity contribution in [3.8, 4) is 0 Å². The average Bonchev–Trinajstić information content (AvgIpc) is 3.33. The fourth-order valence-electron chi connectivity index (χ4n) is 6.29. The Labute approximate surface area is 205 Å². The van der Waals surface area contributed by atoms with Crippen LogP contribution in [-0.2, 0) is 0 Å². The lowest BCUT2D eigenvalue weighted by atomic mass is 9.87.